The van der Waals surface area contributed by atoms with Crippen molar-refractivity contribution in [3.8, 4) is 11.3 Å². The first-order valence-corrected chi connectivity index (χ1v) is 6.07. The number of amides is 1. The zero-order valence-electron chi connectivity index (χ0n) is 11.5. The number of primary amides is 1. The lowest BCUT2D eigenvalue weighted by molar-refractivity contribution is -0.121. The van der Waals surface area contributed by atoms with Crippen LogP contribution in [0.4, 0.5) is 5.69 Å². The summed E-state index contributed by atoms with van der Waals surface area (Å²) >= 11 is 0. The lowest BCUT2D eigenvalue weighted by Gasteiger charge is -2.12. The summed E-state index contributed by atoms with van der Waals surface area (Å²) in [6, 6.07) is 2.38. The van der Waals surface area contributed by atoms with Crippen LogP contribution in [0.2, 0.25) is 0 Å². The van der Waals surface area contributed by atoms with Crippen molar-refractivity contribution in [2.45, 2.75) is 26.8 Å². The highest BCUT2D eigenvalue weighted by Crippen LogP contribution is 2.25. The van der Waals surface area contributed by atoms with E-state index >= 15 is 0 Å². The van der Waals surface area contributed by atoms with E-state index < -0.39 is 17.5 Å². The molecule has 2 heterocycles. The standard InChI is InChI=1S/C13H16N4O3/c1-6-4-9(8(3)20-6)11-5-10(14)13(19)17(16-11)7(2)12(15)18/h4-5,7H,14H2,1-3H3,(H2,15,18)/t7-/m1/s1. The van der Waals surface area contributed by atoms with Crippen molar-refractivity contribution in [1.82, 2.24) is 9.78 Å². The molecule has 0 spiro atoms. The molecule has 0 fully saturated rings. The predicted octanol–water partition coefficient (Wildman–Crippen LogP) is 0.749. The molecule has 20 heavy (non-hydrogen) atoms. The molecule has 2 rings (SSSR count). The Hall–Kier alpha value is -2.57. The van der Waals surface area contributed by atoms with Crippen LogP contribution in [0.3, 0.4) is 0 Å². The van der Waals surface area contributed by atoms with Gasteiger partial charge in [-0.05, 0) is 32.9 Å². The Morgan fingerprint density at radius 3 is 2.55 bits per heavy atom. The second-order valence-corrected chi connectivity index (χ2v) is 4.64. The predicted molar refractivity (Wildman–Crippen MR) is 74.0 cm³/mol. The van der Waals surface area contributed by atoms with Crippen molar-refractivity contribution in [2.24, 2.45) is 5.73 Å². The number of nitrogen functional groups attached to an aromatic ring is 1. The Morgan fingerprint density at radius 1 is 1.40 bits per heavy atom. The molecule has 7 heteroatoms. The van der Waals surface area contributed by atoms with E-state index in [2.05, 4.69) is 5.10 Å². The van der Waals surface area contributed by atoms with Crippen LogP contribution < -0.4 is 17.0 Å². The molecule has 0 bridgehead atoms. The van der Waals surface area contributed by atoms with Crippen molar-refractivity contribution in [2.75, 3.05) is 5.73 Å². The molecular weight excluding hydrogens is 260 g/mol. The molecule has 1 amide bonds. The van der Waals surface area contributed by atoms with Crippen molar-refractivity contribution in [3.05, 3.63) is 34.0 Å². The number of carbonyl (C=O) groups excluding carboxylic acids is 1. The number of nitrogens with two attached hydrogens (primary N) is 2. The van der Waals surface area contributed by atoms with Crippen LogP contribution in [-0.2, 0) is 4.79 Å². The fourth-order valence-electron chi connectivity index (χ4n) is 1.93. The van der Waals surface area contributed by atoms with Gasteiger partial charge in [0.05, 0.1) is 5.69 Å². The van der Waals surface area contributed by atoms with E-state index in [1.54, 1.807) is 13.0 Å². The molecule has 0 aliphatic carbocycles. The summed E-state index contributed by atoms with van der Waals surface area (Å²) in [5, 5.41) is 4.16. The van der Waals surface area contributed by atoms with E-state index in [-0.39, 0.29) is 5.69 Å². The topological polar surface area (TPSA) is 117 Å². The summed E-state index contributed by atoms with van der Waals surface area (Å²) < 4.78 is 6.42. The minimum Gasteiger partial charge on any atom is -0.466 e. The van der Waals surface area contributed by atoms with Crippen molar-refractivity contribution < 1.29 is 9.21 Å². The SMILES string of the molecule is Cc1cc(-c2cc(N)c(=O)n([C@H](C)C(N)=O)n2)c(C)o1. The van der Waals surface area contributed by atoms with Gasteiger partial charge in [0.15, 0.2) is 0 Å². The molecule has 1 atom stereocenters. The summed E-state index contributed by atoms with van der Waals surface area (Å²) in [4.78, 5) is 23.2. The lowest BCUT2D eigenvalue weighted by atomic mass is 10.1. The van der Waals surface area contributed by atoms with Crippen molar-refractivity contribution in [1.29, 1.82) is 0 Å². The van der Waals surface area contributed by atoms with Crippen LogP contribution in [0.15, 0.2) is 21.3 Å². The van der Waals surface area contributed by atoms with Crippen LogP contribution >= 0.6 is 0 Å². The van der Waals surface area contributed by atoms with E-state index in [0.717, 1.165) is 16.0 Å². The number of hydrogen-bond acceptors (Lipinski definition) is 5. The van der Waals surface area contributed by atoms with E-state index in [9.17, 15) is 9.59 Å². The summed E-state index contributed by atoms with van der Waals surface area (Å²) in [5.74, 6) is 0.723. The molecule has 4 N–H and O–H groups in total. The van der Waals surface area contributed by atoms with Gasteiger partial charge in [0.2, 0.25) is 5.91 Å². The zero-order chi connectivity index (χ0) is 15.0. The Morgan fingerprint density at radius 2 is 2.05 bits per heavy atom. The Balaban J connectivity index is 2.65. The highest BCUT2D eigenvalue weighted by Gasteiger charge is 2.18. The second-order valence-electron chi connectivity index (χ2n) is 4.64. The van der Waals surface area contributed by atoms with Gasteiger partial charge in [-0.15, -0.1) is 0 Å². The van der Waals surface area contributed by atoms with E-state index in [1.807, 2.05) is 6.92 Å². The lowest BCUT2D eigenvalue weighted by Crippen LogP contribution is -2.35. The number of nitrogens with zero attached hydrogens (tertiary/aromatic N) is 2. The number of anilines is 1. The molecule has 7 nitrogen and oxygen atoms in total. The Bertz CT molecular complexity index is 730. The molecule has 0 aliphatic heterocycles. The third-order valence-corrected chi connectivity index (χ3v) is 3.06. The van der Waals surface area contributed by atoms with Gasteiger partial charge in [-0.3, -0.25) is 9.59 Å². The third-order valence-electron chi connectivity index (χ3n) is 3.06. The summed E-state index contributed by atoms with van der Waals surface area (Å²) in [5.41, 5.74) is 11.6. The summed E-state index contributed by atoms with van der Waals surface area (Å²) in [6.45, 7) is 5.09. The zero-order valence-corrected chi connectivity index (χ0v) is 11.5. The molecule has 0 saturated carbocycles. The maximum absolute atomic E-state index is 11.9. The average molecular weight is 276 g/mol. The minimum absolute atomic E-state index is 0.00125. The van der Waals surface area contributed by atoms with Gasteiger partial charge in [-0.25, -0.2) is 4.68 Å². The van der Waals surface area contributed by atoms with Gasteiger partial charge < -0.3 is 15.9 Å². The van der Waals surface area contributed by atoms with Gasteiger partial charge in [-0.2, -0.15) is 5.10 Å². The quantitative estimate of drug-likeness (QED) is 0.857. The van der Waals surface area contributed by atoms with E-state index in [1.165, 1.54) is 13.0 Å². The fraction of sp³-hybridized carbons (Fsp3) is 0.308. The number of aryl methyl sites for hydroxylation is 2. The highest BCUT2D eigenvalue weighted by molar-refractivity contribution is 5.78. The van der Waals surface area contributed by atoms with Gasteiger partial charge >= 0.3 is 0 Å². The van der Waals surface area contributed by atoms with Gasteiger partial charge in [0, 0.05) is 5.56 Å². The Labute approximate surface area is 115 Å². The number of hydrogen-bond donors (Lipinski definition) is 2. The Kier molecular flexibility index (Phi) is 3.35. The van der Waals surface area contributed by atoms with Crippen LogP contribution in [0.5, 0.6) is 0 Å². The largest absolute Gasteiger partial charge is 0.466 e. The van der Waals surface area contributed by atoms with Gasteiger partial charge in [0.25, 0.3) is 5.56 Å². The van der Waals surface area contributed by atoms with E-state index in [0.29, 0.717) is 11.5 Å². The van der Waals surface area contributed by atoms with Crippen molar-refractivity contribution >= 4 is 11.6 Å². The molecule has 2 aromatic heterocycles. The number of rotatable bonds is 3. The number of furan rings is 1. The minimum atomic E-state index is -0.877. The summed E-state index contributed by atoms with van der Waals surface area (Å²) in [7, 11) is 0. The fourth-order valence-corrected chi connectivity index (χ4v) is 1.93. The number of aromatic nitrogens is 2. The molecule has 0 saturated heterocycles. The van der Waals surface area contributed by atoms with Crippen molar-refractivity contribution in [3.63, 3.8) is 0 Å². The van der Waals surface area contributed by atoms with Gasteiger partial charge in [-0.1, -0.05) is 0 Å². The smallest absolute Gasteiger partial charge is 0.290 e. The average Bonchev–Trinajstić information content (AvgIpc) is 2.70. The van der Waals surface area contributed by atoms with Crippen LogP contribution in [0, 0.1) is 13.8 Å². The van der Waals surface area contributed by atoms with Crippen LogP contribution in [0.1, 0.15) is 24.5 Å². The maximum Gasteiger partial charge on any atom is 0.290 e. The summed E-state index contributed by atoms with van der Waals surface area (Å²) in [6.07, 6.45) is 0. The van der Waals surface area contributed by atoms with Gasteiger partial charge in [0.1, 0.15) is 23.2 Å². The molecule has 0 aromatic carbocycles. The molecule has 106 valence electrons. The van der Waals surface area contributed by atoms with E-state index in [4.69, 9.17) is 15.9 Å². The van der Waals surface area contributed by atoms with Crippen LogP contribution in [0.25, 0.3) is 11.3 Å². The third kappa shape index (κ3) is 2.29. The van der Waals surface area contributed by atoms with Crippen LogP contribution in [-0.4, -0.2) is 15.7 Å². The first kappa shape index (κ1) is 13.9. The first-order chi connectivity index (χ1) is 9.31. The molecule has 0 unspecified atom stereocenters. The second kappa shape index (κ2) is 4.84. The monoisotopic (exact) mass is 276 g/mol. The molecule has 0 radical (unpaired) electrons. The highest BCUT2D eigenvalue weighted by atomic mass is 16.3. The first-order valence-electron chi connectivity index (χ1n) is 6.07. The molecular formula is C13H16N4O3. The molecule has 2 aromatic rings. The maximum atomic E-state index is 11.9. The normalized spacial score (nSPS) is 12.3. The molecule has 0 aliphatic rings. The number of carbonyl (C=O) groups is 1.